The monoisotopic (exact) mass is 313 g/mol. The van der Waals surface area contributed by atoms with Crippen molar-refractivity contribution in [3.63, 3.8) is 0 Å². The first-order valence-electron chi connectivity index (χ1n) is 6.04. The van der Waals surface area contributed by atoms with Crippen molar-refractivity contribution in [3.05, 3.63) is 47.2 Å². The first kappa shape index (κ1) is 15.0. The van der Waals surface area contributed by atoms with Crippen LogP contribution in [-0.2, 0) is 17.1 Å². The van der Waals surface area contributed by atoms with Gasteiger partial charge in [-0.25, -0.2) is 8.42 Å². The van der Waals surface area contributed by atoms with Gasteiger partial charge < -0.3 is 0 Å². The van der Waals surface area contributed by atoms with Crippen LogP contribution in [-0.4, -0.2) is 29.6 Å². The van der Waals surface area contributed by atoms with E-state index in [0.717, 1.165) is 5.56 Å². The van der Waals surface area contributed by atoms with Crippen LogP contribution in [0.5, 0.6) is 0 Å². The molecule has 0 radical (unpaired) electrons. The highest BCUT2D eigenvalue weighted by atomic mass is 35.5. The third-order valence-electron chi connectivity index (χ3n) is 3.26. The minimum Gasteiger partial charge on any atom is -0.274 e. The van der Waals surface area contributed by atoms with Crippen LogP contribution in [0.1, 0.15) is 18.5 Å². The summed E-state index contributed by atoms with van der Waals surface area (Å²) in [5.41, 5.74) is 0.879. The first-order valence-corrected chi connectivity index (χ1v) is 7.86. The van der Waals surface area contributed by atoms with Gasteiger partial charge in [0.25, 0.3) is 0 Å². The molecule has 0 fully saturated rings. The minimum atomic E-state index is -3.56. The molecule has 0 saturated carbocycles. The van der Waals surface area contributed by atoms with Crippen molar-refractivity contribution < 1.29 is 8.42 Å². The molecule has 2 aromatic rings. The lowest BCUT2D eigenvalue weighted by Gasteiger charge is -2.24. The molecule has 0 aliphatic rings. The molecule has 0 saturated heterocycles. The molecular weight excluding hydrogens is 298 g/mol. The number of sulfonamides is 1. The zero-order chi connectivity index (χ0) is 14.9. The number of hydrogen-bond donors (Lipinski definition) is 0. The molecule has 0 N–H and O–H groups in total. The van der Waals surface area contributed by atoms with Crippen LogP contribution in [0.3, 0.4) is 0 Å². The lowest BCUT2D eigenvalue weighted by atomic mass is 10.1. The molecule has 0 aliphatic carbocycles. The molecule has 0 bridgehead atoms. The number of nitrogens with zero attached hydrogens (tertiary/aromatic N) is 3. The Hall–Kier alpha value is -1.37. The summed E-state index contributed by atoms with van der Waals surface area (Å²) in [5, 5.41) is 4.53. The normalized spacial score (nSPS) is 13.7. The topological polar surface area (TPSA) is 55.2 Å². The summed E-state index contributed by atoms with van der Waals surface area (Å²) in [6, 6.07) is 6.85. The summed E-state index contributed by atoms with van der Waals surface area (Å²) in [4.78, 5) is 0.184. The van der Waals surface area contributed by atoms with Gasteiger partial charge in [-0.1, -0.05) is 23.7 Å². The second-order valence-corrected chi connectivity index (χ2v) is 7.03. The van der Waals surface area contributed by atoms with Gasteiger partial charge in [0.2, 0.25) is 10.0 Å². The van der Waals surface area contributed by atoms with Crippen molar-refractivity contribution in [1.29, 1.82) is 0 Å². The summed E-state index contributed by atoms with van der Waals surface area (Å²) >= 11 is 5.84. The Balaban J connectivity index is 2.30. The Labute approximate surface area is 123 Å². The predicted octanol–water partition coefficient (Wildman–Crippen LogP) is 2.46. The number of halogens is 1. The summed E-state index contributed by atoms with van der Waals surface area (Å²) in [6.07, 6.45) is 2.83. The van der Waals surface area contributed by atoms with Gasteiger partial charge in [-0.05, 0) is 24.6 Å². The van der Waals surface area contributed by atoms with Gasteiger partial charge in [0.15, 0.2) is 0 Å². The van der Waals surface area contributed by atoms with Gasteiger partial charge in [0.05, 0.1) is 6.20 Å². The van der Waals surface area contributed by atoms with Gasteiger partial charge in [-0.2, -0.15) is 9.40 Å². The van der Waals surface area contributed by atoms with E-state index < -0.39 is 10.0 Å². The Kier molecular flexibility index (Phi) is 4.17. The highest BCUT2D eigenvalue weighted by Crippen LogP contribution is 2.26. The summed E-state index contributed by atoms with van der Waals surface area (Å²) < 4.78 is 27.7. The quantitative estimate of drug-likeness (QED) is 0.871. The zero-order valence-corrected chi connectivity index (χ0v) is 13.1. The Bertz CT molecular complexity index is 695. The van der Waals surface area contributed by atoms with E-state index in [1.54, 1.807) is 26.2 Å². The van der Waals surface area contributed by atoms with E-state index >= 15 is 0 Å². The SMILES string of the molecule is C[C@@H](c1ccc(Cl)cc1)N(C)S(=O)(=O)c1cnn(C)c1. The average molecular weight is 314 g/mol. The van der Waals surface area contributed by atoms with Gasteiger partial charge >= 0.3 is 0 Å². The van der Waals surface area contributed by atoms with E-state index in [9.17, 15) is 8.42 Å². The summed E-state index contributed by atoms with van der Waals surface area (Å²) in [7, 11) is -0.319. The molecule has 0 amide bonds. The zero-order valence-electron chi connectivity index (χ0n) is 11.5. The minimum absolute atomic E-state index is 0.184. The molecule has 0 unspecified atom stereocenters. The van der Waals surface area contributed by atoms with Gasteiger partial charge in [0.1, 0.15) is 4.90 Å². The number of benzene rings is 1. The molecule has 0 spiro atoms. The van der Waals surface area contributed by atoms with E-state index in [1.165, 1.54) is 21.4 Å². The van der Waals surface area contributed by atoms with E-state index in [0.29, 0.717) is 5.02 Å². The maximum atomic E-state index is 12.5. The molecule has 1 aromatic heterocycles. The van der Waals surface area contributed by atoms with E-state index in [-0.39, 0.29) is 10.9 Å². The van der Waals surface area contributed by atoms with Crippen molar-refractivity contribution in [2.45, 2.75) is 17.9 Å². The van der Waals surface area contributed by atoms with E-state index in [1.807, 2.05) is 19.1 Å². The van der Waals surface area contributed by atoms with Crippen molar-refractivity contribution in [2.24, 2.45) is 7.05 Å². The fourth-order valence-corrected chi connectivity index (χ4v) is 3.32. The van der Waals surface area contributed by atoms with Crippen molar-refractivity contribution >= 4 is 21.6 Å². The van der Waals surface area contributed by atoms with Gasteiger partial charge in [0, 0.05) is 31.4 Å². The fraction of sp³-hybridized carbons (Fsp3) is 0.308. The lowest BCUT2D eigenvalue weighted by Crippen LogP contribution is -2.29. The van der Waals surface area contributed by atoms with Crippen molar-refractivity contribution in [1.82, 2.24) is 14.1 Å². The van der Waals surface area contributed by atoms with Crippen LogP contribution < -0.4 is 0 Å². The summed E-state index contributed by atoms with van der Waals surface area (Å²) in [6.45, 7) is 1.83. The van der Waals surface area contributed by atoms with Crippen molar-refractivity contribution in [3.8, 4) is 0 Å². The predicted molar refractivity (Wildman–Crippen MR) is 78.0 cm³/mol. The van der Waals surface area contributed by atoms with Crippen LogP contribution >= 0.6 is 11.6 Å². The van der Waals surface area contributed by atoms with Crippen LogP contribution in [0.25, 0.3) is 0 Å². The molecular formula is C13H16ClN3O2S. The molecule has 2 rings (SSSR count). The number of aromatic nitrogens is 2. The van der Waals surface area contributed by atoms with Crippen molar-refractivity contribution in [2.75, 3.05) is 7.05 Å². The van der Waals surface area contributed by atoms with Crippen LogP contribution in [0.4, 0.5) is 0 Å². The Morgan fingerprint density at radius 2 is 1.90 bits per heavy atom. The largest absolute Gasteiger partial charge is 0.274 e. The Morgan fingerprint density at radius 1 is 1.30 bits per heavy atom. The molecule has 20 heavy (non-hydrogen) atoms. The molecule has 1 aromatic carbocycles. The van der Waals surface area contributed by atoms with Crippen LogP contribution in [0, 0.1) is 0 Å². The highest BCUT2D eigenvalue weighted by Gasteiger charge is 2.27. The standard InChI is InChI=1S/C13H16ClN3O2S/c1-10(11-4-6-12(14)7-5-11)17(3)20(18,19)13-8-15-16(2)9-13/h4-10H,1-3H3/t10-/m0/s1. The fourth-order valence-electron chi connectivity index (χ4n) is 1.86. The molecule has 1 atom stereocenters. The highest BCUT2D eigenvalue weighted by molar-refractivity contribution is 7.89. The molecule has 0 aliphatic heterocycles. The second-order valence-electron chi connectivity index (χ2n) is 4.60. The van der Waals surface area contributed by atoms with Crippen LogP contribution in [0.2, 0.25) is 5.02 Å². The third kappa shape index (κ3) is 2.87. The maximum absolute atomic E-state index is 12.5. The number of rotatable bonds is 4. The second kappa shape index (κ2) is 5.55. The Morgan fingerprint density at radius 3 is 2.40 bits per heavy atom. The van der Waals surface area contributed by atoms with Crippen LogP contribution in [0.15, 0.2) is 41.6 Å². The smallest absolute Gasteiger partial charge is 0.246 e. The maximum Gasteiger partial charge on any atom is 0.246 e. The third-order valence-corrected chi connectivity index (χ3v) is 5.39. The molecule has 7 heteroatoms. The number of aryl methyl sites for hydroxylation is 1. The first-order chi connectivity index (χ1) is 9.32. The van der Waals surface area contributed by atoms with E-state index in [4.69, 9.17) is 11.6 Å². The average Bonchev–Trinajstić information content (AvgIpc) is 2.85. The lowest BCUT2D eigenvalue weighted by molar-refractivity contribution is 0.398. The molecule has 5 nitrogen and oxygen atoms in total. The van der Waals surface area contributed by atoms with Gasteiger partial charge in [-0.3, -0.25) is 4.68 Å². The summed E-state index contributed by atoms with van der Waals surface area (Å²) in [5.74, 6) is 0. The molecule has 108 valence electrons. The van der Waals surface area contributed by atoms with E-state index in [2.05, 4.69) is 5.10 Å². The van der Waals surface area contributed by atoms with Gasteiger partial charge in [-0.15, -0.1) is 0 Å². The number of hydrogen-bond acceptors (Lipinski definition) is 3. The molecule has 1 heterocycles.